The minimum absolute atomic E-state index is 0.0684. The molecular weight excluding hydrogens is 286 g/mol. The summed E-state index contributed by atoms with van der Waals surface area (Å²) in [6, 6.07) is 6.00. The molecule has 6 nitrogen and oxygen atoms in total. The number of nitrogens with one attached hydrogen (secondary N) is 1. The van der Waals surface area contributed by atoms with E-state index < -0.39 is 12.1 Å². The molecule has 2 unspecified atom stereocenters. The van der Waals surface area contributed by atoms with Crippen LogP contribution in [-0.4, -0.2) is 42.4 Å². The number of carboxylic acid groups (broad SMARTS) is 1. The predicted molar refractivity (Wildman–Crippen MR) is 81.0 cm³/mol. The maximum absolute atomic E-state index is 12.0. The fourth-order valence-electron chi connectivity index (χ4n) is 2.21. The van der Waals surface area contributed by atoms with Crippen molar-refractivity contribution in [3.8, 4) is 0 Å². The van der Waals surface area contributed by atoms with Crippen LogP contribution >= 0.6 is 0 Å². The Kier molecular flexibility index (Phi) is 5.91. The molecule has 2 rings (SSSR count). The van der Waals surface area contributed by atoms with Gasteiger partial charge in [-0.1, -0.05) is 0 Å². The second-order valence-corrected chi connectivity index (χ2v) is 5.34. The Labute approximate surface area is 129 Å². The van der Waals surface area contributed by atoms with Crippen molar-refractivity contribution in [3.63, 3.8) is 0 Å². The summed E-state index contributed by atoms with van der Waals surface area (Å²) >= 11 is 0. The second-order valence-electron chi connectivity index (χ2n) is 5.34. The molecule has 1 fully saturated rings. The van der Waals surface area contributed by atoms with E-state index in [-0.39, 0.29) is 17.6 Å². The summed E-state index contributed by atoms with van der Waals surface area (Å²) in [4.78, 5) is 22.8. The van der Waals surface area contributed by atoms with E-state index in [0.29, 0.717) is 12.3 Å². The van der Waals surface area contributed by atoms with Crippen LogP contribution in [0, 0.1) is 0 Å². The molecule has 1 aromatic rings. The number of carbonyl (C=O) groups excluding carboxylic acids is 1. The quantitative estimate of drug-likeness (QED) is 0.842. The molecule has 2 atom stereocenters. The summed E-state index contributed by atoms with van der Waals surface area (Å²) < 4.78 is 11.1. The van der Waals surface area contributed by atoms with Gasteiger partial charge >= 0.3 is 5.97 Å². The van der Waals surface area contributed by atoms with E-state index in [4.69, 9.17) is 14.6 Å². The molecule has 1 saturated heterocycles. The Morgan fingerprint density at radius 1 is 1.36 bits per heavy atom. The van der Waals surface area contributed by atoms with Crippen LogP contribution in [0.25, 0.3) is 0 Å². The second kappa shape index (κ2) is 7.91. The van der Waals surface area contributed by atoms with Gasteiger partial charge in [0.15, 0.2) is 0 Å². The van der Waals surface area contributed by atoms with E-state index >= 15 is 0 Å². The largest absolute Gasteiger partial charge is 0.478 e. The fraction of sp³-hybridized carbons (Fsp3) is 0.500. The van der Waals surface area contributed by atoms with Gasteiger partial charge in [0.05, 0.1) is 18.3 Å². The highest BCUT2D eigenvalue weighted by molar-refractivity contribution is 5.94. The first-order valence-electron chi connectivity index (χ1n) is 7.43. The average Bonchev–Trinajstić information content (AvgIpc) is 2.54. The van der Waals surface area contributed by atoms with Crippen molar-refractivity contribution < 1.29 is 24.2 Å². The van der Waals surface area contributed by atoms with Crippen LogP contribution in [0.15, 0.2) is 24.3 Å². The van der Waals surface area contributed by atoms with Crippen molar-refractivity contribution in [3.05, 3.63) is 29.8 Å². The number of aromatic carboxylic acids is 1. The predicted octanol–water partition coefficient (Wildman–Crippen LogP) is 2.30. The smallest absolute Gasteiger partial charge is 0.335 e. The number of amides is 1. The summed E-state index contributed by atoms with van der Waals surface area (Å²) in [5.41, 5.74) is 0.719. The summed E-state index contributed by atoms with van der Waals surface area (Å²) in [5, 5.41) is 11.5. The molecule has 0 radical (unpaired) electrons. The molecule has 0 saturated carbocycles. The van der Waals surface area contributed by atoms with Crippen molar-refractivity contribution in [2.24, 2.45) is 0 Å². The standard InChI is InChI=1S/C16H21NO5/c1-11(22-10-14-4-2-3-9-21-14)15(18)17-13-7-5-12(6-8-13)16(19)20/h5-8,11,14H,2-4,9-10H2,1H3,(H,17,18)(H,19,20). The number of rotatable bonds is 6. The number of ether oxygens (including phenoxy) is 2. The minimum atomic E-state index is -0.998. The lowest BCUT2D eigenvalue weighted by atomic mass is 10.1. The molecule has 6 heteroatoms. The number of hydrogen-bond acceptors (Lipinski definition) is 4. The zero-order valence-corrected chi connectivity index (χ0v) is 12.6. The maximum atomic E-state index is 12.0. The monoisotopic (exact) mass is 307 g/mol. The van der Waals surface area contributed by atoms with E-state index in [9.17, 15) is 9.59 Å². The van der Waals surface area contributed by atoms with Crippen LogP contribution in [0.4, 0.5) is 5.69 Å². The zero-order valence-electron chi connectivity index (χ0n) is 12.6. The Balaban J connectivity index is 1.78. The normalized spacial score (nSPS) is 19.4. The molecule has 0 aromatic heterocycles. The van der Waals surface area contributed by atoms with E-state index in [1.165, 1.54) is 12.1 Å². The van der Waals surface area contributed by atoms with Gasteiger partial charge in [0.2, 0.25) is 0 Å². The van der Waals surface area contributed by atoms with Crippen molar-refractivity contribution >= 4 is 17.6 Å². The van der Waals surface area contributed by atoms with Gasteiger partial charge < -0.3 is 19.9 Å². The van der Waals surface area contributed by atoms with E-state index in [1.807, 2.05) is 0 Å². The lowest BCUT2D eigenvalue weighted by Gasteiger charge is -2.23. The molecule has 22 heavy (non-hydrogen) atoms. The Hall–Kier alpha value is -1.92. The highest BCUT2D eigenvalue weighted by atomic mass is 16.5. The van der Waals surface area contributed by atoms with Crippen LogP contribution in [0.1, 0.15) is 36.5 Å². The van der Waals surface area contributed by atoms with Crippen LogP contribution in [0.3, 0.4) is 0 Å². The number of carboxylic acids is 1. The molecule has 1 amide bonds. The van der Waals surface area contributed by atoms with Crippen LogP contribution < -0.4 is 5.32 Å². The summed E-state index contributed by atoms with van der Waals surface area (Å²) in [6.07, 6.45) is 2.65. The van der Waals surface area contributed by atoms with Crippen molar-refractivity contribution in [1.82, 2.24) is 0 Å². The summed E-state index contributed by atoms with van der Waals surface area (Å²) in [5.74, 6) is -1.26. The van der Waals surface area contributed by atoms with E-state index in [2.05, 4.69) is 5.32 Å². The lowest BCUT2D eigenvalue weighted by molar-refractivity contribution is -0.130. The molecule has 1 aliphatic heterocycles. The first kappa shape index (κ1) is 16.5. The molecule has 1 heterocycles. The van der Waals surface area contributed by atoms with Gasteiger partial charge in [-0.25, -0.2) is 4.79 Å². The number of hydrogen-bond donors (Lipinski definition) is 2. The van der Waals surface area contributed by atoms with Crippen LogP contribution in [0.5, 0.6) is 0 Å². The maximum Gasteiger partial charge on any atom is 0.335 e. The topological polar surface area (TPSA) is 84.9 Å². The first-order valence-corrected chi connectivity index (χ1v) is 7.43. The molecule has 0 spiro atoms. The van der Waals surface area contributed by atoms with Gasteiger partial charge in [0.25, 0.3) is 5.91 Å². The average molecular weight is 307 g/mol. The van der Waals surface area contributed by atoms with E-state index in [0.717, 1.165) is 25.9 Å². The van der Waals surface area contributed by atoms with Gasteiger partial charge in [-0.05, 0) is 50.5 Å². The molecule has 1 aromatic carbocycles. The first-order chi connectivity index (χ1) is 10.6. The van der Waals surface area contributed by atoms with Gasteiger partial charge in [-0.15, -0.1) is 0 Å². The van der Waals surface area contributed by atoms with Gasteiger partial charge in [-0.2, -0.15) is 0 Å². The Bertz CT molecular complexity index is 508. The molecule has 0 aliphatic carbocycles. The minimum Gasteiger partial charge on any atom is -0.478 e. The van der Waals surface area contributed by atoms with Crippen molar-refractivity contribution in [2.45, 2.75) is 38.4 Å². The Morgan fingerprint density at radius 2 is 2.09 bits per heavy atom. The van der Waals surface area contributed by atoms with Crippen LogP contribution in [0.2, 0.25) is 0 Å². The van der Waals surface area contributed by atoms with Crippen LogP contribution in [-0.2, 0) is 14.3 Å². The van der Waals surface area contributed by atoms with E-state index in [1.54, 1.807) is 19.1 Å². The highest BCUT2D eigenvalue weighted by Gasteiger charge is 2.19. The molecular formula is C16H21NO5. The van der Waals surface area contributed by atoms with Gasteiger partial charge in [0, 0.05) is 12.3 Å². The number of carbonyl (C=O) groups is 2. The SMILES string of the molecule is CC(OCC1CCCCO1)C(=O)Nc1ccc(C(=O)O)cc1. The van der Waals surface area contributed by atoms with Gasteiger partial charge in [0.1, 0.15) is 6.10 Å². The number of benzene rings is 1. The molecule has 120 valence electrons. The van der Waals surface area contributed by atoms with Crippen molar-refractivity contribution in [2.75, 3.05) is 18.5 Å². The molecule has 1 aliphatic rings. The number of anilines is 1. The summed E-state index contributed by atoms with van der Waals surface area (Å²) in [6.45, 7) is 2.85. The molecule has 2 N–H and O–H groups in total. The molecule has 0 bridgehead atoms. The third kappa shape index (κ3) is 4.82. The van der Waals surface area contributed by atoms with Gasteiger partial charge in [-0.3, -0.25) is 4.79 Å². The lowest BCUT2D eigenvalue weighted by Crippen LogP contribution is -2.32. The third-order valence-electron chi connectivity index (χ3n) is 3.57. The summed E-state index contributed by atoms with van der Waals surface area (Å²) in [7, 11) is 0. The van der Waals surface area contributed by atoms with Crippen molar-refractivity contribution in [1.29, 1.82) is 0 Å². The Morgan fingerprint density at radius 3 is 2.68 bits per heavy atom. The third-order valence-corrected chi connectivity index (χ3v) is 3.57. The zero-order chi connectivity index (χ0) is 15.9. The fourth-order valence-corrected chi connectivity index (χ4v) is 2.21. The highest BCUT2D eigenvalue weighted by Crippen LogP contribution is 2.14.